The summed E-state index contributed by atoms with van der Waals surface area (Å²) in [5.41, 5.74) is 1.72. The van der Waals surface area contributed by atoms with Crippen molar-refractivity contribution in [1.82, 2.24) is 0 Å². The van der Waals surface area contributed by atoms with E-state index in [-0.39, 0.29) is 24.7 Å². The molecular formula is C22H22N2O6. The second-order valence-electron chi connectivity index (χ2n) is 6.74. The van der Waals surface area contributed by atoms with Gasteiger partial charge in [0, 0.05) is 12.0 Å². The van der Waals surface area contributed by atoms with Crippen LogP contribution in [0.1, 0.15) is 30.1 Å². The first-order valence-corrected chi connectivity index (χ1v) is 9.52. The van der Waals surface area contributed by atoms with Crippen molar-refractivity contribution in [3.63, 3.8) is 0 Å². The summed E-state index contributed by atoms with van der Waals surface area (Å²) < 4.78 is 10.6. The summed E-state index contributed by atoms with van der Waals surface area (Å²) in [5, 5.41) is 2.69. The van der Waals surface area contributed by atoms with E-state index in [0.717, 1.165) is 0 Å². The standard InChI is InChI=1S/C22H22N2O6/c1-15(25)16-8-10-17(11-9-16)29-12-4-7-22(28)30-14-21(27)24-13-20(26)23-18-5-2-3-6-19(18)24/h2-3,5-6,8-11H,4,7,12-14H2,1H3,(H,23,26). The second kappa shape index (κ2) is 9.69. The quantitative estimate of drug-likeness (QED) is 0.408. The molecule has 8 heteroatoms. The number of amides is 2. The van der Waals surface area contributed by atoms with Gasteiger partial charge in [-0.25, -0.2) is 0 Å². The highest BCUT2D eigenvalue weighted by Gasteiger charge is 2.27. The first kappa shape index (κ1) is 21.0. The molecule has 0 radical (unpaired) electrons. The van der Waals surface area contributed by atoms with Gasteiger partial charge in [0.05, 0.1) is 18.0 Å². The molecule has 30 heavy (non-hydrogen) atoms. The van der Waals surface area contributed by atoms with Crippen molar-refractivity contribution >= 4 is 34.9 Å². The molecule has 0 aromatic heterocycles. The van der Waals surface area contributed by atoms with Crippen LogP contribution in [-0.2, 0) is 19.1 Å². The minimum atomic E-state index is -0.520. The SMILES string of the molecule is CC(=O)c1ccc(OCCCC(=O)OCC(=O)N2CC(=O)Nc3ccccc32)cc1. The molecule has 1 N–H and O–H groups in total. The monoisotopic (exact) mass is 410 g/mol. The summed E-state index contributed by atoms with van der Waals surface area (Å²) in [6, 6.07) is 13.7. The fourth-order valence-corrected chi connectivity index (χ4v) is 2.94. The van der Waals surface area contributed by atoms with Crippen LogP contribution in [0.3, 0.4) is 0 Å². The highest BCUT2D eigenvalue weighted by molar-refractivity contribution is 6.10. The van der Waals surface area contributed by atoms with E-state index in [2.05, 4.69) is 5.32 Å². The molecule has 2 amide bonds. The molecule has 0 saturated carbocycles. The Morgan fingerprint density at radius 3 is 2.53 bits per heavy atom. The number of rotatable bonds is 8. The number of hydrogen-bond donors (Lipinski definition) is 1. The highest BCUT2D eigenvalue weighted by Crippen LogP contribution is 2.28. The molecule has 2 aromatic rings. The summed E-state index contributed by atoms with van der Waals surface area (Å²) in [7, 11) is 0. The Morgan fingerprint density at radius 2 is 1.80 bits per heavy atom. The molecule has 0 atom stereocenters. The Bertz CT molecular complexity index is 954. The van der Waals surface area contributed by atoms with Gasteiger partial charge < -0.3 is 14.8 Å². The molecule has 0 aliphatic carbocycles. The predicted molar refractivity (Wildman–Crippen MR) is 110 cm³/mol. The van der Waals surface area contributed by atoms with Crippen molar-refractivity contribution in [2.45, 2.75) is 19.8 Å². The van der Waals surface area contributed by atoms with E-state index in [4.69, 9.17) is 9.47 Å². The zero-order chi connectivity index (χ0) is 21.5. The molecule has 156 valence electrons. The van der Waals surface area contributed by atoms with Crippen LogP contribution in [0.2, 0.25) is 0 Å². The van der Waals surface area contributed by atoms with Crippen molar-refractivity contribution in [1.29, 1.82) is 0 Å². The molecule has 0 unspecified atom stereocenters. The molecule has 8 nitrogen and oxygen atoms in total. The van der Waals surface area contributed by atoms with Crippen molar-refractivity contribution in [2.24, 2.45) is 0 Å². The molecule has 0 bridgehead atoms. The fourth-order valence-electron chi connectivity index (χ4n) is 2.94. The lowest BCUT2D eigenvalue weighted by atomic mass is 10.1. The maximum absolute atomic E-state index is 12.4. The van der Waals surface area contributed by atoms with Crippen LogP contribution in [0.5, 0.6) is 5.75 Å². The van der Waals surface area contributed by atoms with E-state index in [0.29, 0.717) is 35.7 Å². The number of benzene rings is 2. The van der Waals surface area contributed by atoms with Crippen LogP contribution in [0, 0.1) is 0 Å². The van der Waals surface area contributed by atoms with Gasteiger partial charge >= 0.3 is 5.97 Å². The summed E-state index contributed by atoms with van der Waals surface area (Å²) >= 11 is 0. The van der Waals surface area contributed by atoms with Gasteiger partial charge in [0.25, 0.3) is 5.91 Å². The van der Waals surface area contributed by atoms with Gasteiger partial charge in [-0.05, 0) is 49.7 Å². The number of ketones is 1. The third-order valence-electron chi connectivity index (χ3n) is 4.48. The van der Waals surface area contributed by atoms with Gasteiger partial charge in [-0.1, -0.05) is 12.1 Å². The van der Waals surface area contributed by atoms with Crippen molar-refractivity contribution in [3.8, 4) is 5.75 Å². The van der Waals surface area contributed by atoms with Crippen molar-refractivity contribution < 1.29 is 28.7 Å². The summed E-state index contributed by atoms with van der Waals surface area (Å²) in [4.78, 5) is 48.6. The first-order valence-electron chi connectivity index (χ1n) is 9.52. The number of nitrogens with zero attached hydrogens (tertiary/aromatic N) is 1. The highest BCUT2D eigenvalue weighted by atomic mass is 16.5. The molecule has 0 fully saturated rings. The molecule has 0 saturated heterocycles. The minimum Gasteiger partial charge on any atom is -0.494 e. The van der Waals surface area contributed by atoms with Gasteiger partial charge in [-0.15, -0.1) is 0 Å². The van der Waals surface area contributed by atoms with Crippen molar-refractivity contribution in [2.75, 3.05) is 30.0 Å². The largest absolute Gasteiger partial charge is 0.494 e. The topological polar surface area (TPSA) is 102 Å². The molecule has 1 aliphatic rings. The van der Waals surface area contributed by atoms with Gasteiger partial charge in [0.1, 0.15) is 12.3 Å². The lowest BCUT2D eigenvalue weighted by Gasteiger charge is -2.28. The number of esters is 1. The molecule has 1 aliphatic heterocycles. The third-order valence-corrected chi connectivity index (χ3v) is 4.48. The zero-order valence-electron chi connectivity index (χ0n) is 16.6. The molecule has 3 rings (SSSR count). The van der Waals surface area contributed by atoms with E-state index < -0.39 is 18.5 Å². The van der Waals surface area contributed by atoms with E-state index >= 15 is 0 Å². The number of anilines is 2. The molecule has 0 spiro atoms. The average Bonchev–Trinajstić information content (AvgIpc) is 2.74. The number of fused-ring (bicyclic) bond motifs is 1. The Kier molecular flexibility index (Phi) is 6.79. The normalized spacial score (nSPS) is 12.6. The number of hydrogen-bond acceptors (Lipinski definition) is 6. The summed E-state index contributed by atoms with van der Waals surface area (Å²) in [5.74, 6) is -0.707. The number of ether oxygens (including phenoxy) is 2. The number of carbonyl (C=O) groups is 4. The Hall–Kier alpha value is -3.68. The number of nitrogens with one attached hydrogen (secondary N) is 1. The number of para-hydroxylation sites is 2. The van der Waals surface area contributed by atoms with Crippen LogP contribution >= 0.6 is 0 Å². The number of carbonyl (C=O) groups excluding carboxylic acids is 4. The van der Waals surface area contributed by atoms with Crippen LogP contribution in [0.25, 0.3) is 0 Å². The molecular weight excluding hydrogens is 388 g/mol. The van der Waals surface area contributed by atoms with Crippen LogP contribution < -0.4 is 15.0 Å². The average molecular weight is 410 g/mol. The van der Waals surface area contributed by atoms with Crippen LogP contribution in [0.15, 0.2) is 48.5 Å². The fraction of sp³-hybridized carbons (Fsp3) is 0.273. The summed E-state index contributed by atoms with van der Waals surface area (Å²) in [6.07, 6.45) is 0.506. The smallest absolute Gasteiger partial charge is 0.306 e. The Morgan fingerprint density at radius 1 is 1.07 bits per heavy atom. The Labute approximate surface area is 173 Å². The van der Waals surface area contributed by atoms with E-state index in [9.17, 15) is 19.2 Å². The van der Waals surface area contributed by atoms with Gasteiger partial charge in [0.15, 0.2) is 12.4 Å². The second-order valence-corrected chi connectivity index (χ2v) is 6.74. The summed E-state index contributed by atoms with van der Waals surface area (Å²) in [6.45, 7) is 1.23. The van der Waals surface area contributed by atoms with Gasteiger partial charge in [0.2, 0.25) is 5.91 Å². The minimum absolute atomic E-state index is 0.0208. The predicted octanol–water partition coefficient (Wildman–Crippen LogP) is 2.58. The molecule has 2 aromatic carbocycles. The lowest BCUT2D eigenvalue weighted by molar-refractivity contribution is -0.148. The lowest BCUT2D eigenvalue weighted by Crippen LogP contribution is -2.44. The number of Topliss-reactive ketones (excluding diaryl/α,β-unsaturated/α-hetero) is 1. The van der Waals surface area contributed by atoms with E-state index in [1.807, 2.05) is 0 Å². The zero-order valence-corrected chi connectivity index (χ0v) is 16.6. The van der Waals surface area contributed by atoms with Gasteiger partial charge in [-0.3, -0.25) is 24.1 Å². The van der Waals surface area contributed by atoms with Crippen LogP contribution in [0.4, 0.5) is 11.4 Å². The van der Waals surface area contributed by atoms with Gasteiger partial charge in [-0.2, -0.15) is 0 Å². The maximum Gasteiger partial charge on any atom is 0.306 e. The van der Waals surface area contributed by atoms with Crippen molar-refractivity contribution in [3.05, 3.63) is 54.1 Å². The van der Waals surface area contributed by atoms with Crippen LogP contribution in [-0.4, -0.2) is 43.3 Å². The van der Waals surface area contributed by atoms with E-state index in [1.165, 1.54) is 11.8 Å². The first-order chi connectivity index (χ1) is 14.4. The third kappa shape index (κ3) is 5.44. The van der Waals surface area contributed by atoms with E-state index in [1.54, 1.807) is 48.5 Å². The maximum atomic E-state index is 12.4. The Balaban J connectivity index is 1.40. The molecule has 1 heterocycles.